The van der Waals surface area contributed by atoms with Gasteiger partial charge in [0.15, 0.2) is 0 Å². The highest BCUT2D eigenvalue weighted by atomic mass is 35.5. The standard InChI is InChI=1S/C14H15ClN2O2S/c1-17(8-10-4-6-13(15)20-10)9-3-5-12(16)11(7-9)14(18)19-2/h3-7H,8,16H2,1-2H3. The van der Waals surface area contributed by atoms with Crippen LogP contribution in [0.4, 0.5) is 11.4 Å². The van der Waals surface area contributed by atoms with Gasteiger partial charge in [-0.05, 0) is 30.3 Å². The van der Waals surface area contributed by atoms with Gasteiger partial charge in [-0.25, -0.2) is 4.79 Å². The molecule has 2 rings (SSSR count). The van der Waals surface area contributed by atoms with Gasteiger partial charge in [-0.2, -0.15) is 0 Å². The Bertz CT molecular complexity index is 627. The number of benzene rings is 1. The minimum atomic E-state index is -0.433. The highest BCUT2D eigenvalue weighted by Gasteiger charge is 2.13. The van der Waals surface area contributed by atoms with Crippen molar-refractivity contribution in [2.45, 2.75) is 6.54 Å². The number of esters is 1. The van der Waals surface area contributed by atoms with E-state index in [-0.39, 0.29) is 0 Å². The van der Waals surface area contributed by atoms with Gasteiger partial charge in [0.1, 0.15) is 0 Å². The van der Waals surface area contributed by atoms with Crippen molar-refractivity contribution < 1.29 is 9.53 Å². The summed E-state index contributed by atoms with van der Waals surface area (Å²) in [5.41, 5.74) is 7.47. The van der Waals surface area contributed by atoms with Gasteiger partial charge in [-0.15, -0.1) is 11.3 Å². The van der Waals surface area contributed by atoms with Gasteiger partial charge in [0.05, 0.1) is 23.6 Å². The molecule has 1 heterocycles. The Hall–Kier alpha value is -1.72. The second-order valence-electron chi connectivity index (χ2n) is 4.33. The summed E-state index contributed by atoms with van der Waals surface area (Å²) in [5, 5.41) is 0. The zero-order valence-corrected chi connectivity index (χ0v) is 12.8. The molecule has 20 heavy (non-hydrogen) atoms. The summed E-state index contributed by atoms with van der Waals surface area (Å²) in [5.74, 6) is -0.433. The first kappa shape index (κ1) is 14.7. The Balaban J connectivity index is 2.21. The lowest BCUT2D eigenvalue weighted by atomic mass is 10.1. The third-order valence-corrected chi connectivity index (χ3v) is 4.12. The predicted molar refractivity (Wildman–Crippen MR) is 83.6 cm³/mol. The average Bonchev–Trinajstić information content (AvgIpc) is 2.83. The zero-order valence-electron chi connectivity index (χ0n) is 11.2. The second-order valence-corrected chi connectivity index (χ2v) is 6.12. The fourth-order valence-corrected chi connectivity index (χ4v) is 2.97. The fourth-order valence-electron chi connectivity index (χ4n) is 1.83. The quantitative estimate of drug-likeness (QED) is 0.694. The molecule has 4 nitrogen and oxygen atoms in total. The molecule has 106 valence electrons. The second kappa shape index (κ2) is 6.15. The van der Waals surface area contributed by atoms with Crippen LogP contribution in [0.1, 0.15) is 15.2 Å². The molecule has 0 bridgehead atoms. The molecule has 0 spiro atoms. The minimum Gasteiger partial charge on any atom is -0.465 e. The summed E-state index contributed by atoms with van der Waals surface area (Å²) in [7, 11) is 3.28. The number of methoxy groups -OCH3 is 1. The van der Waals surface area contributed by atoms with Crippen molar-refractivity contribution >= 4 is 40.3 Å². The van der Waals surface area contributed by atoms with E-state index in [9.17, 15) is 4.79 Å². The first-order valence-electron chi connectivity index (χ1n) is 5.94. The fraction of sp³-hybridized carbons (Fsp3) is 0.214. The molecule has 0 aliphatic heterocycles. The van der Waals surface area contributed by atoms with Crippen LogP contribution in [0.5, 0.6) is 0 Å². The Morgan fingerprint density at radius 1 is 1.40 bits per heavy atom. The number of halogens is 1. The molecule has 2 aromatic rings. The van der Waals surface area contributed by atoms with Crippen molar-refractivity contribution in [3.8, 4) is 0 Å². The van der Waals surface area contributed by atoms with Crippen molar-refractivity contribution in [2.24, 2.45) is 0 Å². The molecule has 6 heteroatoms. The summed E-state index contributed by atoms with van der Waals surface area (Å²) in [6.45, 7) is 0.710. The number of rotatable bonds is 4. The van der Waals surface area contributed by atoms with Crippen LogP contribution < -0.4 is 10.6 Å². The Labute approximate surface area is 126 Å². The number of ether oxygens (including phenoxy) is 1. The lowest BCUT2D eigenvalue weighted by Crippen LogP contribution is -2.16. The summed E-state index contributed by atoms with van der Waals surface area (Å²) in [6, 6.07) is 9.17. The van der Waals surface area contributed by atoms with Gasteiger partial charge < -0.3 is 15.4 Å². The highest BCUT2D eigenvalue weighted by molar-refractivity contribution is 7.16. The Kier molecular flexibility index (Phi) is 4.52. The third kappa shape index (κ3) is 3.23. The molecule has 2 N–H and O–H groups in total. The van der Waals surface area contributed by atoms with Crippen molar-refractivity contribution in [2.75, 3.05) is 24.8 Å². The minimum absolute atomic E-state index is 0.376. The van der Waals surface area contributed by atoms with E-state index in [2.05, 4.69) is 0 Å². The smallest absolute Gasteiger partial charge is 0.340 e. The van der Waals surface area contributed by atoms with Crippen molar-refractivity contribution in [3.63, 3.8) is 0 Å². The molecule has 0 aliphatic rings. The predicted octanol–water partition coefficient (Wildman–Crippen LogP) is 3.41. The van der Waals surface area contributed by atoms with E-state index in [0.717, 1.165) is 14.9 Å². The normalized spacial score (nSPS) is 10.3. The van der Waals surface area contributed by atoms with Crippen molar-refractivity contribution in [1.29, 1.82) is 0 Å². The largest absolute Gasteiger partial charge is 0.465 e. The number of thiophene rings is 1. The topological polar surface area (TPSA) is 55.6 Å². The van der Waals surface area contributed by atoms with Gasteiger partial charge in [-0.3, -0.25) is 0 Å². The van der Waals surface area contributed by atoms with Gasteiger partial charge in [0, 0.05) is 23.3 Å². The number of anilines is 2. The maximum atomic E-state index is 11.6. The van der Waals surface area contributed by atoms with Crippen LogP contribution in [0.3, 0.4) is 0 Å². The summed E-state index contributed by atoms with van der Waals surface area (Å²) >= 11 is 7.45. The lowest BCUT2D eigenvalue weighted by Gasteiger charge is -2.19. The molecule has 0 saturated carbocycles. The number of carbonyl (C=O) groups is 1. The number of hydrogen-bond donors (Lipinski definition) is 1. The van der Waals surface area contributed by atoms with Crippen LogP contribution >= 0.6 is 22.9 Å². The van der Waals surface area contributed by atoms with Crippen LogP contribution in [-0.2, 0) is 11.3 Å². The van der Waals surface area contributed by atoms with Crippen LogP contribution in [-0.4, -0.2) is 20.1 Å². The number of hydrogen-bond acceptors (Lipinski definition) is 5. The molecule has 0 radical (unpaired) electrons. The molecule has 0 amide bonds. The molecule has 0 atom stereocenters. The Morgan fingerprint density at radius 3 is 2.75 bits per heavy atom. The van der Waals surface area contributed by atoms with Gasteiger partial charge >= 0.3 is 5.97 Å². The summed E-state index contributed by atoms with van der Waals surface area (Å²) in [4.78, 5) is 14.8. The van der Waals surface area contributed by atoms with Crippen LogP contribution in [0.25, 0.3) is 0 Å². The van der Waals surface area contributed by atoms with Crippen molar-refractivity contribution in [1.82, 2.24) is 0 Å². The highest BCUT2D eigenvalue weighted by Crippen LogP contribution is 2.26. The zero-order chi connectivity index (χ0) is 14.7. The maximum Gasteiger partial charge on any atom is 0.340 e. The molecule has 0 unspecified atom stereocenters. The molecule has 0 fully saturated rings. The molecule has 0 saturated heterocycles. The number of carbonyl (C=O) groups excluding carboxylic acids is 1. The third-order valence-electron chi connectivity index (χ3n) is 2.90. The number of nitrogens with zero attached hydrogens (tertiary/aromatic N) is 1. The van der Waals surface area contributed by atoms with E-state index in [4.69, 9.17) is 22.1 Å². The lowest BCUT2D eigenvalue weighted by molar-refractivity contribution is 0.0602. The molecular formula is C14H15ClN2O2S. The van der Waals surface area contributed by atoms with E-state index in [1.165, 1.54) is 18.4 Å². The van der Waals surface area contributed by atoms with Crippen LogP contribution in [0, 0.1) is 0 Å². The van der Waals surface area contributed by atoms with Crippen molar-refractivity contribution in [3.05, 3.63) is 45.1 Å². The van der Waals surface area contributed by atoms with E-state index in [0.29, 0.717) is 17.8 Å². The van der Waals surface area contributed by atoms with E-state index < -0.39 is 5.97 Å². The van der Waals surface area contributed by atoms with Gasteiger partial charge in [0.25, 0.3) is 0 Å². The van der Waals surface area contributed by atoms with Crippen LogP contribution in [0.15, 0.2) is 30.3 Å². The summed E-state index contributed by atoms with van der Waals surface area (Å²) in [6.07, 6.45) is 0. The van der Waals surface area contributed by atoms with E-state index in [1.807, 2.05) is 30.1 Å². The first-order valence-corrected chi connectivity index (χ1v) is 7.14. The van der Waals surface area contributed by atoms with E-state index in [1.54, 1.807) is 12.1 Å². The monoisotopic (exact) mass is 310 g/mol. The first-order chi connectivity index (χ1) is 9.51. The molecule has 1 aromatic carbocycles. The van der Waals surface area contributed by atoms with Crippen LogP contribution in [0.2, 0.25) is 4.34 Å². The summed E-state index contributed by atoms with van der Waals surface area (Å²) < 4.78 is 5.49. The molecule has 1 aromatic heterocycles. The van der Waals surface area contributed by atoms with Gasteiger partial charge in [-0.1, -0.05) is 11.6 Å². The SMILES string of the molecule is COC(=O)c1cc(N(C)Cc2ccc(Cl)s2)ccc1N. The van der Waals surface area contributed by atoms with Gasteiger partial charge in [0.2, 0.25) is 0 Å². The molecule has 0 aliphatic carbocycles. The molecular weight excluding hydrogens is 296 g/mol. The Morgan fingerprint density at radius 2 is 2.15 bits per heavy atom. The number of nitrogen functional groups attached to an aromatic ring is 1. The maximum absolute atomic E-state index is 11.6. The average molecular weight is 311 g/mol. The number of nitrogens with two attached hydrogens (primary N) is 1. The van der Waals surface area contributed by atoms with E-state index >= 15 is 0 Å².